The molecule has 0 spiro atoms. The van der Waals surface area contributed by atoms with Crippen LogP contribution in [0.25, 0.3) is 0 Å². The van der Waals surface area contributed by atoms with E-state index in [4.69, 9.17) is 14.7 Å². The summed E-state index contributed by atoms with van der Waals surface area (Å²) in [4.78, 5) is 0. The third-order valence-corrected chi connectivity index (χ3v) is 2.80. The zero-order valence-electron chi connectivity index (χ0n) is 12.0. The monoisotopic (exact) mass is 265 g/mol. The average Bonchev–Trinajstić information content (AvgIpc) is 2.43. The third-order valence-electron chi connectivity index (χ3n) is 2.80. The molecular formula is C15H23NO3. The van der Waals surface area contributed by atoms with E-state index in [-0.39, 0.29) is 0 Å². The predicted molar refractivity (Wildman–Crippen MR) is 76.4 cm³/mol. The summed E-state index contributed by atoms with van der Waals surface area (Å²) in [7, 11) is 0. The lowest BCUT2D eigenvalue weighted by Crippen LogP contribution is -2.10. The topological polar surface area (TPSA) is 51.0 Å². The summed E-state index contributed by atoms with van der Waals surface area (Å²) in [6.45, 7) is 7.72. The lowest BCUT2D eigenvalue weighted by molar-refractivity contribution is 0.0980. The first-order valence-electron chi connectivity index (χ1n) is 6.69. The largest absolute Gasteiger partial charge is 0.490 e. The molecule has 0 aliphatic rings. The third kappa shape index (κ3) is 5.30. The van der Waals surface area contributed by atoms with Crippen molar-refractivity contribution in [1.29, 1.82) is 0 Å². The van der Waals surface area contributed by atoms with Gasteiger partial charge in [-0.1, -0.05) is 30.1 Å². The van der Waals surface area contributed by atoms with Gasteiger partial charge in [0, 0.05) is 12.2 Å². The van der Waals surface area contributed by atoms with Crippen molar-refractivity contribution in [3.63, 3.8) is 0 Å². The molecule has 0 fully saturated rings. The maximum absolute atomic E-state index is 8.88. The number of rotatable bonds is 8. The number of hydrogen-bond donors (Lipinski definition) is 1. The molecule has 0 saturated carbocycles. The highest BCUT2D eigenvalue weighted by molar-refractivity contribution is 6.00. The van der Waals surface area contributed by atoms with Crippen LogP contribution in [0, 0.1) is 6.92 Å². The van der Waals surface area contributed by atoms with Crippen LogP contribution in [0.2, 0.25) is 0 Å². The Labute approximate surface area is 115 Å². The second-order valence-electron chi connectivity index (χ2n) is 4.50. The predicted octanol–water partition coefficient (Wildman–Crippen LogP) is 3.39. The number of unbranched alkanes of at least 4 members (excludes halogenated alkanes) is 1. The summed E-state index contributed by atoms with van der Waals surface area (Å²) in [6.07, 6.45) is 2.21. The molecular weight excluding hydrogens is 242 g/mol. The van der Waals surface area contributed by atoms with E-state index in [2.05, 4.69) is 12.1 Å². The van der Waals surface area contributed by atoms with Crippen LogP contribution in [-0.2, 0) is 4.74 Å². The fourth-order valence-corrected chi connectivity index (χ4v) is 1.67. The Morgan fingerprint density at radius 2 is 2.05 bits per heavy atom. The fourth-order valence-electron chi connectivity index (χ4n) is 1.67. The highest BCUT2D eigenvalue weighted by atomic mass is 16.5. The van der Waals surface area contributed by atoms with Crippen LogP contribution in [0.15, 0.2) is 23.4 Å². The number of nitrogens with zero attached hydrogens (tertiary/aromatic N) is 1. The summed E-state index contributed by atoms with van der Waals surface area (Å²) in [5.41, 5.74) is 2.46. The first kappa shape index (κ1) is 15.5. The van der Waals surface area contributed by atoms with Gasteiger partial charge >= 0.3 is 0 Å². The summed E-state index contributed by atoms with van der Waals surface area (Å²) in [6, 6.07) is 5.81. The molecule has 106 valence electrons. The van der Waals surface area contributed by atoms with Crippen molar-refractivity contribution in [3.8, 4) is 5.75 Å². The van der Waals surface area contributed by atoms with Crippen LogP contribution in [-0.4, -0.2) is 30.7 Å². The molecule has 1 aromatic rings. The normalized spacial score (nSPS) is 11.6. The zero-order chi connectivity index (χ0) is 14.1. The molecule has 0 heterocycles. The molecule has 0 aliphatic carbocycles. The van der Waals surface area contributed by atoms with Crippen LogP contribution in [0.1, 0.15) is 37.8 Å². The number of ether oxygens (including phenoxy) is 2. The van der Waals surface area contributed by atoms with E-state index < -0.39 is 0 Å². The number of benzene rings is 1. The number of oxime groups is 1. The molecule has 0 aromatic heterocycles. The van der Waals surface area contributed by atoms with Crippen LogP contribution < -0.4 is 4.74 Å². The first-order chi connectivity index (χ1) is 9.19. The Morgan fingerprint density at radius 3 is 2.74 bits per heavy atom. The van der Waals surface area contributed by atoms with Crippen LogP contribution in [0.5, 0.6) is 5.75 Å². The van der Waals surface area contributed by atoms with Gasteiger partial charge in [-0.25, -0.2) is 0 Å². The van der Waals surface area contributed by atoms with E-state index in [0.29, 0.717) is 18.9 Å². The van der Waals surface area contributed by atoms with Crippen molar-refractivity contribution >= 4 is 5.71 Å². The van der Waals surface area contributed by atoms with Crippen molar-refractivity contribution < 1.29 is 14.7 Å². The number of aryl methyl sites for hydroxylation is 1. The van der Waals surface area contributed by atoms with Gasteiger partial charge in [-0.05, 0) is 32.4 Å². The maximum Gasteiger partial charge on any atom is 0.128 e. The smallest absolute Gasteiger partial charge is 0.128 e. The molecule has 4 heteroatoms. The molecule has 1 N–H and O–H groups in total. The van der Waals surface area contributed by atoms with Gasteiger partial charge in [0.2, 0.25) is 0 Å². The summed E-state index contributed by atoms with van der Waals surface area (Å²) in [5.74, 6) is 0.722. The van der Waals surface area contributed by atoms with Crippen LogP contribution in [0.3, 0.4) is 0 Å². The molecule has 1 rings (SSSR count). The quantitative estimate of drug-likeness (QED) is 0.339. The van der Waals surface area contributed by atoms with Gasteiger partial charge in [-0.15, -0.1) is 0 Å². The Morgan fingerprint density at radius 1 is 1.26 bits per heavy atom. The van der Waals surface area contributed by atoms with Crippen molar-refractivity contribution in [1.82, 2.24) is 0 Å². The van der Waals surface area contributed by atoms with Crippen molar-refractivity contribution in [2.24, 2.45) is 5.16 Å². The Hall–Kier alpha value is -1.55. The summed E-state index contributed by atoms with van der Waals surface area (Å²) < 4.78 is 11.1. The van der Waals surface area contributed by atoms with Gasteiger partial charge in [-0.3, -0.25) is 0 Å². The van der Waals surface area contributed by atoms with E-state index in [1.165, 1.54) is 0 Å². The van der Waals surface area contributed by atoms with E-state index in [0.717, 1.165) is 36.3 Å². The van der Waals surface area contributed by atoms with E-state index in [1.807, 2.05) is 25.1 Å². The Balaban J connectivity index is 2.53. The lowest BCUT2D eigenvalue weighted by Gasteiger charge is -2.12. The Bertz CT molecular complexity index is 416. The molecule has 0 bridgehead atoms. The minimum absolute atomic E-state index is 0.498. The number of hydrogen-bond acceptors (Lipinski definition) is 4. The molecule has 4 nitrogen and oxygen atoms in total. The van der Waals surface area contributed by atoms with Gasteiger partial charge in [0.1, 0.15) is 12.4 Å². The minimum atomic E-state index is 0.498. The fraction of sp³-hybridized carbons (Fsp3) is 0.533. The van der Waals surface area contributed by atoms with Gasteiger partial charge < -0.3 is 14.7 Å². The first-order valence-corrected chi connectivity index (χ1v) is 6.69. The molecule has 0 saturated heterocycles. The SMILES string of the molecule is CCCCOCCOc1ccc(C)cc1C(C)=NO. The average molecular weight is 265 g/mol. The zero-order valence-corrected chi connectivity index (χ0v) is 12.0. The van der Waals surface area contributed by atoms with Crippen molar-refractivity contribution in [2.75, 3.05) is 19.8 Å². The highest BCUT2D eigenvalue weighted by Crippen LogP contribution is 2.21. The van der Waals surface area contributed by atoms with E-state index in [9.17, 15) is 0 Å². The van der Waals surface area contributed by atoms with E-state index >= 15 is 0 Å². The second kappa shape index (κ2) is 8.53. The molecule has 0 atom stereocenters. The van der Waals surface area contributed by atoms with E-state index in [1.54, 1.807) is 6.92 Å². The lowest BCUT2D eigenvalue weighted by atomic mass is 10.1. The molecule has 1 aromatic carbocycles. The maximum atomic E-state index is 8.88. The molecule has 19 heavy (non-hydrogen) atoms. The highest BCUT2D eigenvalue weighted by Gasteiger charge is 2.07. The Kier molecular flexibility index (Phi) is 6.97. The minimum Gasteiger partial charge on any atom is -0.490 e. The molecule has 0 aliphatic heterocycles. The second-order valence-corrected chi connectivity index (χ2v) is 4.50. The van der Waals surface area contributed by atoms with Crippen molar-refractivity contribution in [3.05, 3.63) is 29.3 Å². The van der Waals surface area contributed by atoms with Gasteiger partial charge in [0.15, 0.2) is 0 Å². The van der Waals surface area contributed by atoms with Crippen LogP contribution >= 0.6 is 0 Å². The molecule has 0 radical (unpaired) electrons. The molecule has 0 unspecified atom stereocenters. The van der Waals surface area contributed by atoms with Gasteiger partial charge in [0.25, 0.3) is 0 Å². The van der Waals surface area contributed by atoms with Gasteiger partial charge in [0.05, 0.1) is 12.3 Å². The summed E-state index contributed by atoms with van der Waals surface area (Å²) >= 11 is 0. The van der Waals surface area contributed by atoms with Gasteiger partial charge in [-0.2, -0.15) is 0 Å². The summed E-state index contributed by atoms with van der Waals surface area (Å²) in [5, 5.41) is 12.1. The van der Waals surface area contributed by atoms with Crippen molar-refractivity contribution in [2.45, 2.75) is 33.6 Å². The molecule has 0 amide bonds. The standard InChI is InChI=1S/C15H23NO3/c1-4-5-8-18-9-10-19-15-7-6-12(2)11-14(15)13(3)16-17/h6-7,11,17H,4-5,8-10H2,1-3H3. The van der Waals surface area contributed by atoms with Crippen LogP contribution in [0.4, 0.5) is 0 Å².